The van der Waals surface area contributed by atoms with Crippen LogP contribution in [0.25, 0.3) is 0 Å². The largest absolute Gasteiger partial charge is 0.391 e. The third-order valence-electron chi connectivity index (χ3n) is 7.86. The molecule has 0 aromatic heterocycles. The zero-order valence-electron chi connectivity index (χ0n) is 31.3. The highest BCUT2D eigenvalue weighted by Gasteiger charge is 2.34. The van der Waals surface area contributed by atoms with Crippen molar-refractivity contribution in [2.75, 3.05) is 11.9 Å². The van der Waals surface area contributed by atoms with E-state index in [0.29, 0.717) is 6.07 Å². The molecular formula is C31H49N13O12. The molecule has 0 heterocycles. The zero-order chi connectivity index (χ0) is 43.0. The number of rotatable bonds is 23. The van der Waals surface area contributed by atoms with Gasteiger partial charge in [-0.25, -0.2) is 0 Å². The maximum atomic E-state index is 13.5. The van der Waals surface area contributed by atoms with E-state index in [9.17, 15) is 58.9 Å². The lowest BCUT2D eigenvalue weighted by molar-refractivity contribution is -0.393. The topological polar surface area (TPSA) is 415 Å². The molecule has 56 heavy (non-hydrogen) atoms. The van der Waals surface area contributed by atoms with Crippen molar-refractivity contribution in [1.82, 2.24) is 26.6 Å². The van der Waals surface area contributed by atoms with Crippen molar-refractivity contribution in [3.63, 3.8) is 0 Å². The Kier molecular flexibility index (Phi) is 18.5. The van der Waals surface area contributed by atoms with Crippen LogP contribution in [0, 0.1) is 26.1 Å². The molecule has 0 bridgehead atoms. The Morgan fingerprint density at radius 3 is 1.73 bits per heavy atom. The summed E-state index contributed by atoms with van der Waals surface area (Å²) in [6, 6.07) is -5.94. The number of guanidine groups is 1. The Bertz CT molecular complexity index is 1680. The number of amides is 7. The average Bonchev–Trinajstić information content (AvgIpc) is 3.08. The van der Waals surface area contributed by atoms with Gasteiger partial charge in [0, 0.05) is 12.6 Å². The number of non-ortho nitro benzene ring substituents is 1. The SMILES string of the molecule is CC(C)[C@@H](NC(=O)[C@@H](C)NC(=O)[C@@H](NC(=O)[C@H](C)NC(=O)[C@H](CC(N)=O)NC(=O)[C@H](CCCN=C(N)N)Nc1ccc([N+](=O)[O-])cc1[N+](=O)[O-])[C@@H](C)O)C(N)=O. The zero-order valence-corrected chi connectivity index (χ0v) is 31.3. The van der Waals surface area contributed by atoms with Crippen molar-refractivity contribution in [1.29, 1.82) is 0 Å². The number of nitro groups is 2. The molecule has 0 fully saturated rings. The number of hydrogen-bond donors (Lipinski definition) is 11. The molecule has 0 spiro atoms. The van der Waals surface area contributed by atoms with Crippen molar-refractivity contribution in [3.05, 3.63) is 38.4 Å². The summed E-state index contributed by atoms with van der Waals surface area (Å²) in [6.07, 6.45) is -2.36. The lowest BCUT2D eigenvalue weighted by Crippen LogP contribution is -2.61. The third-order valence-corrected chi connectivity index (χ3v) is 7.86. The van der Waals surface area contributed by atoms with Crippen LogP contribution in [0.15, 0.2) is 23.2 Å². The van der Waals surface area contributed by atoms with Crippen molar-refractivity contribution in [2.45, 2.75) is 96.2 Å². The van der Waals surface area contributed by atoms with E-state index in [2.05, 4.69) is 36.9 Å². The van der Waals surface area contributed by atoms with Gasteiger partial charge in [-0.2, -0.15) is 0 Å². The van der Waals surface area contributed by atoms with Crippen LogP contribution in [0.3, 0.4) is 0 Å². The summed E-state index contributed by atoms with van der Waals surface area (Å²) in [4.78, 5) is 114. The molecule has 7 atom stereocenters. The van der Waals surface area contributed by atoms with Gasteiger partial charge in [0.1, 0.15) is 41.9 Å². The van der Waals surface area contributed by atoms with Gasteiger partial charge in [0.2, 0.25) is 41.4 Å². The fourth-order valence-corrected chi connectivity index (χ4v) is 4.83. The van der Waals surface area contributed by atoms with E-state index in [-0.39, 0.29) is 37.0 Å². The molecule has 0 saturated carbocycles. The van der Waals surface area contributed by atoms with Crippen LogP contribution in [0.5, 0.6) is 0 Å². The van der Waals surface area contributed by atoms with Gasteiger partial charge in [0.05, 0.1) is 28.4 Å². The van der Waals surface area contributed by atoms with E-state index in [0.717, 1.165) is 19.1 Å². The normalized spacial score (nSPS) is 14.6. The van der Waals surface area contributed by atoms with Gasteiger partial charge in [-0.15, -0.1) is 0 Å². The Hall–Kier alpha value is -6.66. The number of nitro benzene ring substituents is 2. The predicted octanol–water partition coefficient (Wildman–Crippen LogP) is -3.80. The molecule has 25 heteroatoms. The van der Waals surface area contributed by atoms with Crippen LogP contribution in [-0.4, -0.2) is 111 Å². The Labute approximate surface area is 319 Å². The molecule has 0 aliphatic carbocycles. The molecule has 1 rings (SSSR count). The molecule has 0 aliphatic heterocycles. The Morgan fingerprint density at radius 2 is 1.27 bits per heavy atom. The van der Waals surface area contributed by atoms with Crippen molar-refractivity contribution >= 4 is 64.4 Å². The number of primary amides is 2. The van der Waals surface area contributed by atoms with Crippen LogP contribution in [0.1, 0.15) is 53.9 Å². The summed E-state index contributed by atoms with van der Waals surface area (Å²) in [6.45, 7) is 6.87. The first-order valence-electron chi connectivity index (χ1n) is 17.0. The highest BCUT2D eigenvalue weighted by Crippen LogP contribution is 2.30. The Morgan fingerprint density at radius 1 is 0.732 bits per heavy atom. The molecule has 0 saturated heterocycles. The first-order valence-corrected chi connectivity index (χ1v) is 17.0. The molecule has 25 nitrogen and oxygen atoms in total. The minimum Gasteiger partial charge on any atom is -0.391 e. The lowest BCUT2D eigenvalue weighted by Gasteiger charge is -2.27. The quantitative estimate of drug-likeness (QED) is 0.0166. The van der Waals surface area contributed by atoms with Gasteiger partial charge < -0.3 is 59.9 Å². The first-order chi connectivity index (χ1) is 26.0. The Balaban J connectivity index is 3.19. The molecule has 7 amide bonds. The second kappa shape index (κ2) is 21.9. The standard InChI is InChI=1S/C31H49N13O12/c1-13(2)23(25(33)47)41-26(48)15(4)38-30(52)24(16(5)45)42-27(49)14(3)37-29(51)20(12-22(32)46)40-28(50)19(7-6-10-36-31(34)35)39-18-9-8-17(43(53)54)11-21(18)44(55)56/h8-9,11,13-16,19-20,23-24,39,45H,6-7,10,12H2,1-5H3,(H2,32,46)(H2,33,47)(H,37,51)(H,38,52)(H,40,50)(H,41,48)(H,42,49)(H4,34,35,36)/t14-,15+,16+,19-,20-,23+,24-/m0/s1. The monoisotopic (exact) mass is 795 g/mol. The highest BCUT2D eigenvalue weighted by molar-refractivity contribution is 5.98. The molecule has 1 aromatic rings. The number of benzene rings is 1. The number of carbonyl (C=O) groups excluding carboxylic acids is 7. The lowest BCUT2D eigenvalue weighted by atomic mass is 10.0. The van der Waals surface area contributed by atoms with Crippen LogP contribution in [-0.2, 0) is 33.6 Å². The highest BCUT2D eigenvalue weighted by atomic mass is 16.6. The van der Waals surface area contributed by atoms with Crippen LogP contribution < -0.4 is 54.8 Å². The summed E-state index contributed by atoms with van der Waals surface area (Å²) in [5, 5.41) is 47.3. The molecule has 0 aliphatic rings. The summed E-state index contributed by atoms with van der Waals surface area (Å²) in [5.41, 5.74) is 19.6. The molecular weight excluding hydrogens is 746 g/mol. The van der Waals surface area contributed by atoms with E-state index in [1.54, 1.807) is 13.8 Å². The van der Waals surface area contributed by atoms with E-state index in [4.69, 9.17) is 22.9 Å². The van der Waals surface area contributed by atoms with Gasteiger partial charge >= 0.3 is 0 Å². The minimum absolute atomic E-state index is 0.000544. The minimum atomic E-state index is -1.73. The smallest absolute Gasteiger partial charge is 0.299 e. The molecule has 1 aromatic carbocycles. The van der Waals surface area contributed by atoms with Crippen molar-refractivity contribution in [3.8, 4) is 0 Å². The van der Waals surface area contributed by atoms with Crippen molar-refractivity contribution < 1.29 is 48.5 Å². The number of hydrogen-bond acceptors (Lipinski definition) is 14. The number of nitrogens with one attached hydrogen (secondary N) is 6. The van der Waals surface area contributed by atoms with E-state index in [1.165, 1.54) is 13.8 Å². The number of aliphatic hydroxyl groups is 1. The number of aliphatic imine (C=N–C) groups is 1. The van der Waals surface area contributed by atoms with E-state index < -0.39 is 111 Å². The van der Waals surface area contributed by atoms with Gasteiger partial charge in [-0.05, 0) is 45.6 Å². The predicted molar refractivity (Wildman–Crippen MR) is 198 cm³/mol. The number of aliphatic hydroxyl groups excluding tert-OH is 1. The fourth-order valence-electron chi connectivity index (χ4n) is 4.83. The fraction of sp³-hybridized carbons (Fsp3) is 0.548. The molecule has 310 valence electrons. The summed E-state index contributed by atoms with van der Waals surface area (Å²) >= 11 is 0. The van der Waals surface area contributed by atoms with E-state index in [1.807, 2.05) is 0 Å². The maximum absolute atomic E-state index is 13.5. The number of carbonyl (C=O) groups is 7. The summed E-state index contributed by atoms with van der Waals surface area (Å²) in [5.74, 6) is -7.45. The van der Waals surface area contributed by atoms with Crippen molar-refractivity contribution in [2.24, 2.45) is 33.8 Å². The molecule has 15 N–H and O–H groups in total. The molecule has 0 radical (unpaired) electrons. The summed E-state index contributed by atoms with van der Waals surface area (Å²) < 4.78 is 0. The number of nitrogens with zero attached hydrogens (tertiary/aromatic N) is 3. The van der Waals surface area contributed by atoms with Crippen LogP contribution in [0.2, 0.25) is 0 Å². The second-order valence-corrected chi connectivity index (χ2v) is 12.9. The van der Waals surface area contributed by atoms with Gasteiger partial charge in [-0.3, -0.25) is 58.8 Å². The second-order valence-electron chi connectivity index (χ2n) is 12.9. The maximum Gasteiger partial charge on any atom is 0.299 e. The van der Waals surface area contributed by atoms with Gasteiger partial charge in [-0.1, -0.05) is 13.8 Å². The van der Waals surface area contributed by atoms with Crippen LogP contribution >= 0.6 is 0 Å². The molecule has 0 unspecified atom stereocenters. The third kappa shape index (κ3) is 15.4. The number of nitrogens with two attached hydrogens (primary N) is 4. The van der Waals surface area contributed by atoms with Gasteiger partial charge in [0.25, 0.3) is 11.4 Å². The van der Waals surface area contributed by atoms with Crippen LogP contribution in [0.4, 0.5) is 17.1 Å². The number of anilines is 1. The summed E-state index contributed by atoms with van der Waals surface area (Å²) in [7, 11) is 0. The van der Waals surface area contributed by atoms with E-state index >= 15 is 0 Å². The average molecular weight is 796 g/mol. The first kappa shape index (κ1) is 47.4. The van der Waals surface area contributed by atoms with Gasteiger partial charge in [0.15, 0.2) is 5.96 Å².